The van der Waals surface area contributed by atoms with Crippen molar-refractivity contribution in [3.05, 3.63) is 35.1 Å². The summed E-state index contributed by atoms with van der Waals surface area (Å²) in [5.74, 6) is 4.87. The van der Waals surface area contributed by atoms with Gasteiger partial charge in [0.2, 0.25) is 0 Å². The van der Waals surface area contributed by atoms with Crippen molar-refractivity contribution in [2.24, 2.45) is 5.73 Å². The molecule has 1 aromatic rings. The summed E-state index contributed by atoms with van der Waals surface area (Å²) in [5, 5.41) is 0. The van der Waals surface area contributed by atoms with Gasteiger partial charge in [0.1, 0.15) is 5.82 Å². The van der Waals surface area contributed by atoms with Gasteiger partial charge in [0.25, 0.3) is 5.91 Å². The quantitative estimate of drug-likeness (QED) is 0.837. The van der Waals surface area contributed by atoms with E-state index in [1.165, 1.54) is 18.2 Å². The molecule has 0 spiro atoms. The average Bonchev–Trinajstić information content (AvgIpc) is 2.52. The molecule has 1 unspecified atom stereocenters. The summed E-state index contributed by atoms with van der Waals surface area (Å²) in [6, 6.07) is 4.03. The molecule has 0 aromatic heterocycles. The second-order valence-corrected chi connectivity index (χ2v) is 4.85. The summed E-state index contributed by atoms with van der Waals surface area (Å²) in [6.07, 6.45) is 0.911. The molecule has 0 radical (unpaired) electrons. The highest BCUT2D eigenvalue weighted by atomic mass is 19.1. The lowest BCUT2D eigenvalue weighted by molar-refractivity contribution is -0.0226. The van der Waals surface area contributed by atoms with Crippen LogP contribution in [0.15, 0.2) is 18.2 Å². The highest BCUT2D eigenvalue weighted by Crippen LogP contribution is 2.16. The minimum atomic E-state index is -0.415. The summed E-state index contributed by atoms with van der Waals surface area (Å²) in [5.41, 5.74) is 6.13. The fraction of sp³-hybridized carbons (Fsp3) is 0.438. The van der Waals surface area contributed by atoms with Crippen LogP contribution in [0.2, 0.25) is 0 Å². The van der Waals surface area contributed by atoms with Crippen LogP contribution in [0.4, 0.5) is 4.39 Å². The predicted octanol–water partition coefficient (Wildman–Crippen LogP) is 1.39. The number of nitrogens with two attached hydrogens (primary N) is 1. The number of carbonyl (C=O) groups is 1. The third kappa shape index (κ3) is 3.81. The van der Waals surface area contributed by atoms with Gasteiger partial charge in [-0.15, -0.1) is 0 Å². The zero-order valence-corrected chi connectivity index (χ0v) is 12.1. The number of halogens is 1. The molecule has 112 valence electrons. The van der Waals surface area contributed by atoms with Crippen molar-refractivity contribution in [3.63, 3.8) is 0 Å². The van der Waals surface area contributed by atoms with E-state index in [9.17, 15) is 9.18 Å². The Labute approximate surface area is 124 Å². The maximum Gasteiger partial charge on any atom is 0.255 e. The van der Waals surface area contributed by atoms with E-state index in [4.69, 9.17) is 10.5 Å². The summed E-state index contributed by atoms with van der Waals surface area (Å²) in [6.45, 7) is 3.80. The van der Waals surface area contributed by atoms with Crippen molar-refractivity contribution in [1.82, 2.24) is 4.90 Å². The third-order valence-corrected chi connectivity index (χ3v) is 3.42. The highest BCUT2D eigenvalue weighted by molar-refractivity contribution is 5.96. The molecule has 1 atom stereocenters. The molecule has 1 aromatic carbocycles. The number of hydrogen-bond acceptors (Lipinski definition) is 3. The summed E-state index contributed by atoms with van der Waals surface area (Å²) in [7, 11) is 0. The van der Waals surface area contributed by atoms with E-state index in [1.54, 1.807) is 4.90 Å². The molecule has 1 heterocycles. The lowest BCUT2D eigenvalue weighted by Gasteiger charge is -2.32. The van der Waals surface area contributed by atoms with Crippen LogP contribution in [-0.4, -0.2) is 43.2 Å². The normalized spacial score (nSPS) is 18.0. The van der Waals surface area contributed by atoms with Crippen LogP contribution in [-0.2, 0) is 4.74 Å². The van der Waals surface area contributed by atoms with Crippen molar-refractivity contribution < 1.29 is 13.9 Å². The molecular weight excluding hydrogens is 271 g/mol. The van der Waals surface area contributed by atoms with Crippen LogP contribution in [0.5, 0.6) is 0 Å². The van der Waals surface area contributed by atoms with E-state index >= 15 is 0 Å². The van der Waals surface area contributed by atoms with Gasteiger partial charge in [0, 0.05) is 18.7 Å². The standard InChI is InChI=1S/C16H19FN2O2/c1-2-14-11-19(8-9-21-14)16(20)15-6-5-13(17)10-12(15)4-3-7-18/h5-6,10,14H,2,7-9,11,18H2,1H3. The predicted molar refractivity (Wildman–Crippen MR) is 78.3 cm³/mol. The van der Waals surface area contributed by atoms with Crippen LogP contribution in [0.25, 0.3) is 0 Å². The first-order chi connectivity index (χ1) is 10.2. The lowest BCUT2D eigenvalue weighted by atomic mass is 10.1. The summed E-state index contributed by atoms with van der Waals surface area (Å²) >= 11 is 0. The molecule has 5 heteroatoms. The van der Waals surface area contributed by atoms with Gasteiger partial charge in [0.15, 0.2) is 0 Å². The van der Waals surface area contributed by atoms with Gasteiger partial charge in [-0.25, -0.2) is 4.39 Å². The maximum atomic E-state index is 13.4. The fourth-order valence-corrected chi connectivity index (χ4v) is 2.27. The number of rotatable bonds is 2. The van der Waals surface area contributed by atoms with E-state index < -0.39 is 5.82 Å². The summed E-state index contributed by atoms with van der Waals surface area (Å²) in [4.78, 5) is 14.3. The molecule has 1 aliphatic heterocycles. The molecule has 21 heavy (non-hydrogen) atoms. The van der Waals surface area contributed by atoms with E-state index in [0.29, 0.717) is 30.8 Å². The molecule has 2 N–H and O–H groups in total. The molecule has 0 bridgehead atoms. The molecule has 4 nitrogen and oxygen atoms in total. The van der Waals surface area contributed by atoms with Gasteiger partial charge < -0.3 is 15.4 Å². The van der Waals surface area contributed by atoms with Crippen molar-refractivity contribution in [3.8, 4) is 11.8 Å². The summed E-state index contributed by atoms with van der Waals surface area (Å²) < 4.78 is 18.9. The van der Waals surface area contributed by atoms with Gasteiger partial charge >= 0.3 is 0 Å². The zero-order chi connectivity index (χ0) is 15.2. The Morgan fingerprint density at radius 1 is 1.57 bits per heavy atom. The first-order valence-electron chi connectivity index (χ1n) is 7.05. The van der Waals surface area contributed by atoms with Crippen molar-refractivity contribution in [1.29, 1.82) is 0 Å². The van der Waals surface area contributed by atoms with Crippen molar-refractivity contribution in [2.75, 3.05) is 26.2 Å². The van der Waals surface area contributed by atoms with Crippen LogP contribution >= 0.6 is 0 Å². The van der Waals surface area contributed by atoms with E-state index in [1.807, 2.05) is 6.92 Å². The van der Waals surface area contributed by atoms with Crippen LogP contribution in [0, 0.1) is 17.7 Å². The fourth-order valence-electron chi connectivity index (χ4n) is 2.27. The van der Waals surface area contributed by atoms with E-state index in [2.05, 4.69) is 11.8 Å². The number of carbonyl (C=O) groups excluding carboxylic acids is 1. The second-order valence-electron chi connectivity index (χ2n) is 4.85. The number of amides is 1. The SMILES string of the molecule is CCC1CN(C(=O)c2ccc(F)cc2C#CCN)CCO1. The minimum absolute atomic E-state index is 0.0572. The molecule has 2 rings (SSSR count). The number of morpholine rings is 1. The largest absolute Gasteiger partial charge is 0.375 e. The minimum Gasteiger partial charge on any atom is -0.375 e. The Hall–Kier alpha value is -1.90. The smallest absolute Gasteiger partial charge is 0.255 e. The van der Waals surface area contributed by atoms with Gasteiger partial charge in [-0.05, 0) is 24.6 Å². The molecule has 0 aliphatic carbocycles. The van der Waals surface area contributed by atoms with Gasteiger partial charge in [-0.3, -0.25) is 4.79 Å². The van der Waals surface area contributed by atoms with Crippen LogP contribution < -0.4 is 5.73 Å². The monoisotopic (exact) mass is 290 g/mol. The maximum absolute atomic E-state index is 13.4. The first kappa shape index (κ1) is 15.5. The molecular formula is C16H19FN2O2. The number of nitrogens with zero attached hydrogens (tertiary/aromatic N) is 1. The topological polar surface area (TPSA) is 55.6 Å². The first-order valence-corrected chi connectivity index (χ1v) is 7.05. The Kier molecular flexibility index (Phi) is 5.32. The zero-order valence-electron chi connectivity index (χ0n) is 12.1. The average molecular weight is 290 g/mol. The highest BCUT2D eigenvalue weighted by Gasteiger charge is 2.25. The number of benzene rings is 1. The Morgan fingerprint density at radius 3 is 3.10 bits per heavy atom. The van der Waals surface area contributed by atoms with Crippen LogP contribution in [0.3, 0.4) is 0 Å². The molecule has 1 amide bonds. The van der Waals surface area contributed by atoms with Gasteiger partial charge in [-0.2, -0.15) is 0 Å². The van der Waals surface area contributed by atoms with Crippen molar-refractivity contribution in [2.45, 2.75) is 19.4 Å². The van der Waals surface area contributed by atoms with Gasteiger partial charge in [-0.1, -0.05) is 18.8 Å². The third-order valence-electron chi connectivity index (χ3n) is 3.42. The van der Waals surface area contributed by atoms with E-state index in [-0.39, 0.29) is 18.6 Å². The number of hydrogen-bond donors (Lipinski definition) is 1. The van der Waals surface area contributed by atoms with Gasteiger partial charge in [0.05, 0.1) is 24.8 Å². The number of ether oxygens (including phenoxy) is 1. The molecule has 0 saturated carbocycles. The molecule has 1 aliphatic rings. The van der Waals surface area contributed by atoms with E-state index in [0.717, 1.165) is 6.42 Å². The second kappa shape index (κ2) is 7.21. The van der Waals surface area contributed by atoms with Crippen LogP contribution in [0.1, 0.15) is 29.3 Å². The Morgan fingerprint density at radius 2 is 2.38 bits per heavy atom. The Bertz CT molecular complexity index is 577. The Balaban J connectivity index is 2.26. The lowest BCUT2D eigenvalue weighted by Crippen LogP contribution is -2.45. The van der Waals surface area contributed by atoms with Crippen molar-refractivity contribution >= 4 is 5.91 Å². The molecule has 1 saturated heterocycles. The molecule has 1 fully saturated rings.